The second-order valence-corrected chi connectivity index (χ2v) is 8.41. The fraction of sp³-hybridized carbons (Fsp3) is 0.250. The van der Waals surface area contributed by atoms with Crippen LogP contribution in [0.1, 0.15) is 16.7 Å². The summed E-state index contributed by atoms with van der Waals surface area (Å²) >= 11 is 0. The fourth-order valence-corrected chi connectivity index (χ4v) is 4.31. The second-order valence-electron chi connectivity index (χ2n) is 8.41. The maximum Gasteiger partial charge on any atom is 0.0972 e. The topological polar surface area (TPSA) is 42.3 Å². The quantitative estimate of drug-likeness (QED) is 0.434. The highest BCUT2D eigenvalue weighted by atomic mass is 16.5. The predicted molar refractivity (Wildman–Crippen MR) is 132 cm³/mol. The van der Waals surface area contributed by atoms with Crippen LogP contribution in [0.15, 0.2) is 91.1 Å². The lowest BCUT2D eigenvalue weighted by Gasteiger charge is -2.27. The maximum atomic E-state index is 5.50. The Morgan fingerprint density at radius 1 is 0.727 bits per heavy atom. The average molecular weight is 439 g/mol. The standard InChI is InChI=1S/C28H30N4O/c1-3-9-23(10-4-1)28-26(22-32(30-28)27-13-5-2-6-14-27)20-29-19-24-11-7-8-12-25(24)21-31-15-17-33-18-16-31/h1-14,22,29H,15-21H2. The molecule has 1 aliphatic rings. The molecule has 0 radical (unpaired) electrons. The number of nitrogens with one attached hydrogen (secondary N) is 1. The minimum absolute atomic E-state index is 0.753. The summed E-state index contributed by atoms with van der Waals surface area (Å²) in [6, 6.07) is 29.4. The van der Waals surface area contributed by atoms with E-state index in [-0.39, 0.29) is 0 Å². The van der Waals surface area contributed by atoms with Crippen molar-refractivity contribution in [2.75, 3.05) is 26.3 Å². The lowest BCUT2D eigenvalue weighted by atomic mass is 10.1. The van der Waals surface area contributed by atoms with E-state index in [1.807, 2.05) is 28.9 Å². The van der Waals surface area contributed by atoms with Gasteiger partial charge in [-0.2, -0.15) is 5.10 Å². The third-order valence-corrected chi connectivity index (χ3v) is 6.10. The average Bonchev–Trinajstić information content (AvgIpc) is 3.31. The Hall–Kier alpha value is -3.25. The first-order valence-electron chi connectivity index (χ1n) is 11.6. The summed E-state index contributed by atoms with van der Waals surface area (Å²) in [5.74, 6) is 0. The van der Waals surface area contributed by atoms with Gasteiger partial charge in [0.15, 0.2) is 0 Å². The van der Waals surface area contributed by atoms with Crippen molar-refractivity contribution >= 4 is 0 Å². The van der Waals surface area contributed by atoms with Crippen molar-refractivity contribution in [2.45, 2.75) is 19.6 Å². The highest BCUT2D eigenvalue weighted by molar-refractivity contribution is 5.63. The molecule has 0 spiro atoms. The Kier molecular flexibility index (Phi) is 6.92. The molecule has 1 aliphatic heterocycles. The molecule has 5 nitrogen and oxygen atoms in total. The number of hydrogen-bond acceptors (Lipinski definition) is 4. The number of rotatable bonds is 8. The number of nitrogens with zero attached hydrogens (tertiary/aromatic N) is 3. The summed E-state index contributed by atoms with van der Waals surface area (Å²) in [7, 11) is 0. The number of morpholine rings is 1. The van der Waals surface area contributed by atoms with E-state index in [1.54, 1.807) is 0 Å². The molecule has 5 rings (SSSR count). The normalized spacial score (nSPS) is 14.4. The van der Waals surface area contributed by atoms with Crippen molar-refractivity contribution in [2.24, 2.45) is 0 Å². The maximum absolute atomic E-state index is 5.50. The van der Waals surface area contributed by atoms with Gasteiger partial charge < -0.3 is 10.1 Å². The van der Waals surface area contributed by atoms with E-state index in [9.17, 15) is 0 Å². The summed E-state index contributed by atoms with van der Waals surface area (Å²) in [5.41, 5.74) is 7.15. The van der Waals surface area contributed by atoms with Crippen LogP contribution in [-0.4, -0.2) is 41.0 Å². The molecule has 33 heavy (non-hydrogen) atoms. The Bertz CT molecular complexity index is 1150. The molecule has 0 unspecified atom stereocenters. The van der Waals surface area contributed by atoms with E-state index in [1.165, 1.54) is 16.7 Å². The molecule has 1 saturated heterocycles. The summed E-state index contributed by atoms with van der Waals surface area (Å²) in [5, 5.41) is 8.60. The predicted octanol–water partition coefficient (Wildman–Crippen LogP) is 4.66. The zero-order valence-electron chi connectivity index (χ0n) is 18.9. The smallest absolute Gasteiger partial charge is 0.0972 e. The van der Waals surface area contributed by atoms with Gasteiger partial charge in [-0.25, -0.2) is 4.68 Å². The molecule has 0 saturated carbocycles. The van der Waals surface area contributed by atoms with Gasteiger partial charge in [0.1, 0.15) is 0 Å². The number of benzene rings is 3. The van der Waals surface area contributed by atoms with Crippen molar-refractivity contribution in [3.63, 3.8) is 0 Å². The fourth-order valence-electron chi connectivity index (χ4n) is 4.31. The molecule has 0 aliphatic carbocycles. The molecule has 0 atom stereocenters. The second kappa shape index (κ2) is 10.6. The Morgan fingerprint density at radius 2 is 1.36 bits per heavy atom. The van der Waals surface area contributed by atoms with Crippen LogP contribution in [0.5, 0.6) is 0 Å². The van der Waals surface area contributed by atoms with Gasteiger partial charge >= 0.3 is 0 Å². The van der Waals surface area contributed by atoms with Crippen LogP contribution in [0.25, 0.3) is 16.9 Å². The van der Waals surface area contributed by atoms with Gasteiger partial charge in [-0.15, -0.1) is 0 Å². The van der Waals surface area contributed by atoms with E-state index in [4.69, 9.17) is 9.84 Å². The summed E-state index contributed by atoms with van der Waals surface area (Å²) in [4.78, 5) is 2.47. The molecule has 168 valence electrons. The third-order valence-electron chi connectivity index (χ3n) is 6.10. The van der Waals surface area contributed by atoms with Crippen LogP contribution in [-0.2, 0) is 24.4 Å². The molecular formula is C28H30N4O. The molecule has 1 aromatic heterocycles. The molecule has 3 aromatic carbocycles. The van der Waals surface area contributed by atoms with Crippen LogP contribution in [0.2, 0.25) is 0 Å². The van der Waals surface area contributed by atoms with Crippen LogP contribution < -0.4 is 5.32 Å². The molecule has 5 heteroatoms. The van der Waals surface area contributed by atoms with Crippen LogP contribution in [0.3, 0.4) is 0 Å². The molecule has 4 aromatic rings. The van der Waals surface area contributed by atoms with Gasteiger partial charge in [0.25, 0.3) is 0 Å². The van der Waals surface area contributed by atoms with E-state index in [0.29, 0.717) is 0 Å². The zero-order chi connectivity index (χ0) is 22.3. The van der Waals surface area contributed by atoms with Crippen molar-refractivity contribution < 1.29 is 4.74 Å². The largest absolute Gasteiger partial charge is 0.379 e. The molecule has 0 bridgehead atoms. The molecule has 0 amide bonds. The number of hydrogen-bond donors (Lipinski definition) is 1. The van der Waals surface area contributed by atoms with Crippen LogP contribution >= 0.6 is 0 Å². The SMILES string of the molecule is c1ccc(-c2nn(-c3ccccc3)cc2CNCc2ccccc2CN2CCOCC2)cc1. The zero-order valence-corrected chi connectivity index (χ0v) is 18.9. The summed E-state index contributed by atoms with van der Waals surface area (Å²) in [6.45, 7) is 6.21. The summed E-state index contributed by atoms with van der Waals surface area (Å²) < 4.78 is 7.48. The monoisotopic (exact) mass is 438 g/mol. The lowest BCUT2D eigenvalue weighted by molar-refractivity contribution is 0.0340. The summed E-state index contributed by atoms with van der Waals surface area (Å²) in [6.07, 6.45) is 2.14. The number of aromatic nitrogens is 2. The first-order valence-corrected chi connectivity index (χ1v) is 11.6. The first kappa shape index (κ1) is 21.6. The van der Waals surface area contributed by atoms with Gasteiger partial charge in [-0.05, 0) is 23.3 Å². The van der Waals surface area contributed by atoms with Crippen molar-refractivity contribution in [1.82, 2.24) is 20.0 Å². The third kappa shape index (κ3) is 5.40. The van der Waals surface area contributed by atoms with Gasteiger partial charge in [-0.1, -0.05) is 72.8 Å². The minimum Gasteiger partial charge on any atom is -0.379 e. The van der Waals surface area contributed by atoms with E-state index in [0.717, 1.165) is 62.9 Å². The van der Waals surface area contributed by atoms with E-state index in [2.05, 4.69) is 77.1 Å². The van der Waals surface area contributed by atoms with Gasteiger partial charge in [0, 0.05) is 50.0 Å². The first-order chi connectivity index (χ1) is 16.4. The molecule has 1 N–H and O–H groups in total. The molecule has 2 heterocycles. The van der Waals surface area contributed by atoms with Crippen LogP contribution in [0, 0.1) is 0 Å². The minimum atomic E-state index is 0.753. The highest BCUT2D eigenvalue weighted by Crippen LogP contribution is 2.24. The Labute approximate surface area is 195 Å². The van der Waals surface area contributed by atoms with Crippen molar-refractivity contribution in [1.29, 1.82) is 0 Å². The lowest BCUT2D eigenvalue weighted by Crippen LogP contribution is -2.36. The molecule has 1 fully saturated rings. The van der Waals surface area contributed by atoms with E-state index < -0.39 is 0 Å². The van der Waals surface area contributed by atoms with Crippen LogP contribution in [0.4, 0.5) is 0 Å². The van der Waals surface area contributed by atoms with Gasteiger partial charge in [0.05, 0.1) is 24.6 Å². The van der Waals surface area contributed by atoms with Gasteiger partial charge in [-0.3, -0.25) is 4.90 Å². The van der Waals surface area contributed by atoms with Crippen molar-refractivity contribution in [3.05, 3.63) is 108 Å². The van der Waals surface area contributed by atoms with E-state index >= 15 is 0 Å². The number of ether oxygens (including phenoxy) is 1. The molecular weight excluding hydrogens is 408 g/mol. The van der Waals surface area contributed by atoms with Crippen molar-refractivity contribution in [3.8, 4) is 16.9 Å². The Morgan fingerprint density at radius 3 is 2.12 bits per heavy atom. The number of para-hydroxylation sites is 1. The Balaban J connectivity index is 1.32. The van der Waals surface area contributed by atoms with Gasteiger partial charge in [0.2, 0.25) is 0 Å². The highest BCUT2D eigenvalue weighted by Gasteiger charge is 2.14.